The highest BCUT2D eigenvalue weighted by Gasteiger charge is 2.36. The number of esters is 1. The molecule has 3 rings (SSSR count). The average Bonchev–Trinajstić information content (AvgIpc) is 2.85. The molecule has 0 spiro atoms. The third-order valence-electron chi connectivity index (χ3n) is 4.49. The Labute approximate surface area is 127 Å². The highest BCUT2D eigenvalue weighted by molar-refractivity contribution is 5.94. The summed E-state index contributed by atoms with van der Waals surface area (Å²) >= 11 is 0. The minimum Gasteiger partial charge on any atom is -0.465 e. The first-order valence-electron chi connectivity index (χ1n) is 7.14. The Hall–Kier alpha value is -2.12. The van der Waals surface area contributed by atoms with Crippen molar-refractivity contribution in [1.29, 1.82) is 0 Å². The fraction of sp³-hybridized carbons (Fsp3) is 0.467. The second-order valence-corrected chi connectivity index (χ2v) is 5.81. The molecule has 1 aromatic carbocycles. The molecular weight excluding hydrogens is 288 g/mol. The summed E-state index contributed by atoms with van der Waals surface area (Å²) in [6.07, 6.45) is -0.998. The Morgan fingerprint density at radius 2 is 2.09 bits per heavy atom. The Morgan fingerprint density at radius 3 is 2.77 bits per heavy atom. The summed E-state index contributed by atoms with van der Waals surface area (Å²) in [5.74, 6) is -0.338. The van der Waals surface area contributed by atoms with Crippen LogP contribution in [0, 0.1) is 6.92 Å². The molecule has 2 heterocycles. The molecule has 2 atom stereocenters. The van der Waals surface area contributed by atoms with Crippen LogP contribution in [-0.4, -0.2) is 51.5 Å². The Balaban J connectivity index is 1.99. The molecular formula is C15H18N2O5. The molecule has 1 saturated heterocycles. The molecule has 0 aliphatic carbocycles. The van der Waals surface area contributed by atoms with Crippen LogP contribution < -0.4 is 0 Å². The zero-order chi connectivity index (χ0) is 16.0. The fourth-order valence-electron chi connectivity index (χ4n) is 3.20. The maximum atomic E-state index is 11.6. The van der Waals surface area contributed by atoms with Gasteiger partial charge in [-0.1, -0.05) is 6.07 Å². The van der Waals surface area contributed by atoms with E-state index in [1.54, 1.807) is 19.1 Å². The minimum absolute atomic E-state index is 0.185. The highest BCUT2D eigenvalue weighted by atomic mass is 16.5. The van der Waals surface area contributed by atoms with Crippen LogP contribution in [0.5, 0.6) is 0 Å². The van der Waals surface area contributed by atoms with Crippen LogP contribution in [-0.2, 0) is 11.3 Å². The van der Waals surface area contributed by atoms with Crippen molar-refractivity contribution in [2.75, 3.05) is 13.1 Å². The van der Waals surface area contributed by atoms with E-state index in [9.17, 15) is 19.9 Å². The van der Waals surface area contributed by atoms with Gasteiger partial charge in [-0.15, -0.1) is 0 Å². The molecule has 2 N–H and O–H groups in total. The molecule has 1 aromatic rings. The number of carboxylic acid groups (broad SMARTS) is 1. The summed E-state index contributed by atoms with van der Waals surface area (Å²) in [5.41, 5.74) is 3.05. The third kappa shape index (κ3) is 2.22. The molecule has 2 aliphatic rings. The number of carbonyl (C=O) groups excluding carboxylic acids is 1. The summed E-state index contributed by atoms with van der Waals surface area (Å²) in [6.45, 7) is 4.31. The quantitative estimate of drug-likeness (QED) is 0.769. The summed E-state index contributed by atoms with van der Waals surface area (Å²) in [5, 5.41) is 20.8. The second kappa shape index (κ2) is 5.26. The van der Waals surface area contributed by atoms with Crippen LogP contribution in [0.4, 0.5) is 4.79 Å². The molecule has 7 heteroatoms. The molecule has 1 amide bonds. The Bertz CT molecular complexity index is 645. The van der Waals surface area contributed by atoms with Gasteiger partial charge in [-0.2, -0.15) is 5.06 Å². The number of amides is 1. The number of piperazine rings is 1. The molecule has 1 fully saturated rings. The number of fused-ring (bicyclic) bond motifs is 1. The van der Waals surface area contributed by atoms with E-state index in [2.05, 4.69) is 0 Å². The van der Waals surface area contributed by atoms with Crippen molar-refractivity contribution >= 4 is 12.1 Å². The maximum absolute atomic E-state index is 11.6. The van der Waals surface area contributed by atoms with Gasteiger partial charge in [0.1, 0.15) is 6.61 Å². The maximum Gasteiger partial charge on any atom is 0.407 e. The van der Waals surface area contributed by atoms with E-state index in [-0.39, 0.29) is 31.7 Å². The van der Waals surface area contributed by atoms with Crippen LogP contribution in [0.1, 0.15) is 40.0 Å². The smallest absolute Gasteiger partial charge is 0.407 e. The number of hydroxylamine groups is 2. The zero-order valence-corrected chi connectivity index (χ0v) is 12.4. The molecule has 118 valence electrons. The lowest BCUT2D eigenvalue weighted by atomic mass is 9.92. The van der Waals surface area contributed by atoms with Gasteiger partial charge in [-0.05, 0) is 31.0 Å². The van der Waals surface area contributed by atoms with E-state index in [1.165, 1.54) is 9.96 Å². The summed E-state index contributed by atoms with van der Waals surface area (Å²) in [4.78, 5) is 24.2. The first-order valence-corrected chi connectivity index (χ1v) is 7.14. The number of carbonyl (C=O) groups is 2. The minimum atomic E-state index is -0.998. The predicted octanol–water partition coefficient (Wildman–Crippen LogP) is 1.78. The van der Waals surface area contributed by atoms with Crippen molar-refractivity contribution in [3.8, 4) is 0 Å². The van der Waals surface area contributed by atoms with Crippen molar-refractivity contribution in [2.24, 2.45) is 0 Å². The van der Waals surface area contributed by atoms with E-state index in [0.29, 0.717) is 5.56 Å². The van der Waals surface area contributed by atoms with E-state index in [0.717, 1.165) is 16.7 Å². The van der Waals surface area contributed by atoms with Gasteiger partial charge < -0.3 is 20.0 Å². The number of benzene rings is 1. The van der Waals surface area contributed by atoms with Crippen LogP contribution in [0.2, 0.25) is 0 Å². The van der Waals surface area contributed by atoms with Crippen molar-refractivity contribution in [2.45, 2.75) is 32.5 Å². The van der Waals surface area contributed by atoms with Gasteiger partial charge in [0, 0.05) is 18.7 Å². The second-order valence-electron chi connectivity index (χ2n) is 5.81. The van der Waals surface area contributed by atoms with Crippen LogP contribution >= 0.6 is 0 Å². The van der Waals surface area contributed by atoms with Crippen molar-refractivity contribution in [1.82, 2.24) is 9.96 Å². The molecule has 22 heavy (non-hydrogen) atoms. The van der Waals surface area contributed by atoms with Crippen molar-refractivity contribution < 1.29 is 24.6 Å². The van der Waals surface area contributed by atoms with E-state index < -0.39 is 12.1 Å². The van der Waals surface area contributed by atoms with E-state index in [1.807, 2.05) is 6.92 Å². The topological polar surface area (TPSA) is 90.3 Å². The molecule has 0 unspecified atom stereocenters. The molecule has 0 radical (unpaired) electrons. The lowest BCUT2D eigenvalue weighted by molar-refractivity contribution is -0.183. The van der Waals surface area contributed by atoms with Crippen LogP contribution in [0.15, 0.2) is 12.1 Å². The molecule has 2 aliphatic heterocycles. The number of cyclic esters (lactones) is 1. The van der Waals surface area contributed by atoms with Gasteiger partial charge in [0.15, 0.2) is 0 Å². The highest BCUT2D eigenvalue weighted by Crippen LogP contribution is 2.34. The van der Waals surface area contributed by atoms with Gasteiger partial charge in [-0.3, -0.25) is 0 Å². The first-order chi connectivity index (χ1) is 10.4. The number of hydrogen-bond acceptors (Lipinski definition) is 5. The zero-order valence-electron chi connectivity index (χ0n) is 12.4. The standard InChI is InChI=1S/C15H18N2O5/c1-8-5-16(15(19)20)6-13(17(8)21)10-3-4-11-12(9(10)2)7-22-14(11)18/h3-4,8,13,21H,5-7H2,1-2H3,(H,19,20)/t8-,13-/m0/s1. The number of ether oxygens (including phenoxy) is 1. The third-order valence-corrected chi connectivity index (χ3v) is 4.49. The first kappa shape index (κ1) is 14.8. The largest absolute Gasteiger partial charge is 0.465 e. The monoisotopic (exact) mass is 306 g/mol. The van der Waals surface area contributed by atoms with E-state index >= 15 is 0 Å². The lowest BCUT2D eigenvalue weighted by Gasteiger charge is -2.41. The van der Waals surface area contributed by atoms with Crippen LogP contribution in [0.3, 0.4) is 0 Å². The SMILES string of the molecule is Cc1c([C@@H]2CN(C(=O)O)C[C@H](C)N2O)ccc2c1COC2=O. The van der Waals surface area contributed by atoms with Crippen molar-refractivity contribution in [3.05, 3.63) is 34.4 Å². The average molecular weight is 306 g/mol. The van der Waals surface area contributed by atoms with Gasteiger partial charge in [0.05, 0.1) is 17.6 Å². The van der Waals surface area contributed by atoms with E-state index in [4.69, 9.17) is 4.74 Å². The van der Waals surface area contributed by atoms with Gasteiger partial charge in [-0.25, -0.2) is 9.59 Å². The van der Waals surface area contributed by atoms with Gasteiger partial charge >= 0.3 is 12.1 Å². The van der Waals surface area contributed by atoms with Gasteiger partial charge in [0.2, 0.25) is 0 Å². The number of hydrogen-bond donors (Lipinski definition) is 2. The summed E-state index contributed by atoms with van der Waals surface area (Å²) in [6, 6.07) is 2.69. The summed E-state index contributed by atoms with van der Waals surface area (Å²) < 4.78 is 5.03. The van der Waals surface area contributed by atoms with Gasteiger partial charge in [0.25, 0.3) is 0 Å². The lowest BCUT2D eigenvalue weighted by Crippen LogP contribution is -2.53. The number of nitrogens with zero attached hydrogens (tertiary/aromatic N) is 2. The number of rotatable bonds is 1. The normalized spacial score (nSPS) is 25.0. The molecule has 7 nitrogen and oxygen atoms in total. The molecule has 0 saturated carbocycles. The summed E-state index contributed by atoms with van der Waals surface area (Å²) in [7, 11) is 0. The Kier molecular flexibility index (Phi) is 3.54. The van der Waals surface area contributed by atoms with Crippen LogP contribution in [0.25, 0.3) is 0 Å². The predicted molar refractivity (Wildman–Crippen MR) is 75.7 cm³/mol. The molecule has 0 aromatic heterocycles. The molecule has 0 bridgehead atoms. The fourth-order valence-corrected chi connectivity index (χ4v) is 3.20. The van der Waals surface area contributed by atoms with Crippen molar-refractivity contribution in [3.63, 3.8) is 0 Å². The Morgan fingerprint density at radius 1 is 1.36 bits per heavy atom.